The molecule has 1 aromatic heterocycles. The van der Waals surface area contributed by atoms with Crippen molar-refractivity contribution in [2.24, 2.45) is 0 Å². The predicted molar refractivity (Wildman–Crippen MR) is 65.1 cm³/mol. The molecule has 1 amide bonds. The summed E-state index contributed by atoms with van der Waals surface area (Å²) in [5.74, 6) is 1.27. The van der Waals surface area contributed by atoms with Gasteiger partial charge in [-0.15, -0.1) is 0 Å². The SMILES string of the molecule is CC(=O)Nc1cccc(Oc2ccncc2)c1. The molecular formula is C13H12N2O2. The highest BCUT2D eigenvalue weighted by Crippen LogP contribution is 2.23. The minimum absolute atomic E-state index is 0.105. The predicted octanol–water partition coefficient (Wildman–Crippen LogP) is 2.83. The van der Waals surface area contributed by atoms with Gasteiger partial charge in [-0.1, -0.05) is 6.07 Å². The Morgan fingerprint density at radius 3 is 2.65 bits per heavy atom. The summed E-state index contributed by atoms with van der Waals surface area (Å²) in [6, 6.07) is 10.8. The number of rotatable bonds is 3. The van der Waals surface area contributed by atoms with Crippen LogP contribution in [0.1, 0.15) is 6.92 Å². The van der Waals surface area contributed by atoms with Gasteiger partial charge in [0.2, 0.25) is 5.91 Å². The number of amides is 1. The van der Waals surface area contributed by atoms with E-state index in [0.29, 0.717) is 17.2 Å². The largest absolute Gasteiger partial charge is 0.457 e. The fourth-order valence-electron chi connectivity index (χ4n) is 1.38. The molecule has 1 aromatic carbocycles. The Balaban J connectivity index is 2.14. The zero-order valence-electron chi connectivity index (χ0n) is 9.38. The van der Waals surface area contributed by atoms with Crippen molar-refractivity contribution < 1.29 is 9.53 Å². The van der Waals surface area contributed by atoms with E-state index in [1.165, 1.54) is 6.92 Å². The van der Waals surface area contributed by atoms with Crippen LogP contribution in [0.25, 0.3) is 0 Å². The number of nitrogens with one attached hydrogen (secondary N) is 1. The number of hydrogen-bond acceptors (Lipinski definition) is 3. The molecule has 1 heterocycles. The van der Waals surface area contributed by atoms with E-state index in [-0.39, 0.29) is 5.91 Å². The van der Waals surface area contributed by atoms with Crippen molar-refractivity contribution >= 4 is 11.6 Å². The fraction of sp³-hybridized carbons (Fsp3) is 0.0769. The molecule has 0 saturated heterocycles. The lowest BCUT2D eigenvalue weighted by molar-refractivity contribution is -0.114. The zero-order valence-corrected chi connectivity index (χ0v) is 9.38. The van der Waals surface area contributed by atoms with Crippen molar-refractivity contribution in [2.45, 2.75) is 6.92 Å². The van der Waals surface area contributed by atoms with Gasteiger partial charge in [-0.05, 0) is 24.3 Å². The second-order valence-electron chi connectivity index (χ2n) is 3.49. The van der Waals surface area contributed by atoms with E-state index in [2.05, 4.69) is 10.3 Å². The van der Waals surface area contributed by atoms with Gasteiger partial charge in [-0.3, -0.25) is 9.78 Å². The normalized spacial score (nSPS) is 9.71. The van der Waals surface area contributed by atoms with Gasteiger partial charge in [0.05, 0.1) is 0 Å². The number of carbonyl (C=O) groups is 1. The minimum Gasteiger partial charge on any atom is -0.457 e. The molecule has 1 N–H and O–H groups in total. The lowest BCUT2D eigenvalue weighted by Gasteiger charge is -2.07. The topological polar surface area (TPSA) is 51.2 Å². The Morgan fingerprint density at radius 1 is 1.18 bits per heavy atom. The van der Waals surface area contributed by atoms with Crippen molar-refractivity contribution in [2.75, 3.05) is 5.32 Å². The lowest BCUT2D eigenvalue weighted by atomic mass is 10.3. The van der Waals surface area contributed by atoms with Crippen LogP contribution in [0.5, 0.6) is 11.5 Å². The fourth-order valence-corrected chi connectivity index (χ4v) is 1.38. The highest BCUT2D eigenvalue weighted by molar-refractivity contribution is 5.88. The molecular weight excluding hydrogens is 216 g/mol. The highest BCUT2D eigenvalue weighted by atomic mass is 16.5. The highest BCUT2D eigenvalue weighted by Gasteiger charge is 1.99. The van der Waals surface area contributed by atoms with Crippen LogP contribution >= 0.6 is 0 Å². The number of carbonyl (C=O) groups excluding carboxylic acids is 1. The number of benzene rings is 1. The molecule has 4 nitrogen and oxygen atoms in total. The van der Waals surface area contributed by atoms with E-state index in [4.69, 9.17) is 4.74 Å². The Morgan fingerprint density at radius 2 is 1.94 bits per heavy atom. The van der Waals surface area contributed by atoms with Gasteiger partial charge in [-0.25, -0.2) is 0 Å². The first kappa shape index (κ1) is 11.1. The summed E-state index contributed by atoms with van der Waals surface area (Å²) in [4.78, 5) is 14.8. The van der Waals surface area contributed by atoms with Crippen LogP contribution in [0.15, 0.2) is 48.8 Å². The molecule has 0 fully saturated rings. The maximum absolute atomic E-state index is 10.9. The molecule has 0 aliphatic carbocycles. The summed E-state index contributed by atoms with van der Waals surface area (Å²) >= 11 is 0. The molecule has 0 aliphatic rings. The third-order valence-electron chi connectivity index (χ3n) is 2.04. The van der Waals surface area contributed by atoms with Crippen molar-refractivity contribution in [3.8, 4) is 11.5 Å². The number of aromatic nitrogens is 1. The number of hydrogen-bond donors (Lipinski definition) is 1. The molecule has 2 aromatic rings. The lowest BCUT2D eigenvalue weighted by Crippen LogP contribution is -2.05. The van der Waals surface area contributed by atoms with Crippen LogP contribution in [-0.4, -0.2) is 10.9 Å². The standard InChI is InChI=1S/C13H12N2O2/c1-10(16)15-11-3-2-4-13(9-11)17-12-5-7-14-8-6-12/h2-9H,1H3,(H,15,16). The van der Waals surface area contributed by atoms with Crippen molar-refractivity contribution in [3.63, 3.8) is 0 Å². The third-order valence-corrected chi connectivity index (χ3v) is 2.04. The van der Waals surface area contributed by atoms with Crippen LogP contribution in [0.4, 0.5) is 5.69 Å². The average molecular weight is 228 g/mol. The van der Waals surface area contributed by atoms with Crippen molar-refractivity contribution in [1.82, 2.24) is 4.98 Å². The van der Waals surface area contributed by atoms with Gasteiger partial charge in [0.25, 0.3) is 0 Å². The summed E-state index contributed by atoms with van der Waals surface area (Å²) in [5.41, 5.74) is 0.712. The first-order chi connectivity index (χ1) is 8.24. The maximum atomic E-state index is 10.9. The Labute approximate surface area is 99.3 Å². The molecule has 0 spiro atoms. The van der Waals surface area contributed by atoms with Crippen LogP contribution in [-0.2, 0) is 4.79 Å². The first-order valence-corrected chi connectivity index (χ1v) is 5.19. The Kier molecular flexibility index (Phi) is 3.35. The van der Waals surface area contributed by atoms with Crippen LogP contribution in [0.3, 0.4) is 0 Å². The van der Waals surface area contributed by atoms with E-state index in [1.807, 2.05) is 12.1 Å². The minimum atomic E-state index is -0.105. The molecule has 0 radical (unpaired) electrons. The van der Waals surface area contributed by atoms with Crippen LogP contribution in [0, 0.1) is 0 Å². The van der Waals surface area contributed by atoms with Gasteiger partial charge in [-0.2, -0.15) is 0 Å². The molecule has 17 heavy (non-hydrogen) atoms. The number of ether oxygens (including phenoxy) is 1. The van der Waals surface area contributed by atoms with E-state index >= 15 is 0 Å². The maximum Gasteiger partial charge on any atom is 0.221 e. The van der Waals surface area contributed by atoms with Gasteiger partial charge < -0.3 is 10.1 Å². The molecule has 0 saturated carbocycles. The summed E-state index contributed by atoms with van der Waals surface area (Å²) in [5, 5.41) is 2.70. The number of nitrogens with zero attached hydrogens (tertiary/aromatic N) is 1. The van der Waals surface area contributed by atoms with Gasteiger partial charge in [0.1, 0.15) is 11.5 Å². The van der Waals surface area contributed by atoms with Gasteiger partial charge in [0.15, 0.2) is 0 Å². The molecule has 4 heteroatoms. The first-order valence-electron chi connectivity index (χ1n) is 5.19. The van der Waals surface area contributed by atoms with Crippen molar-refractivity contribution in [1.29, 1.82) is 0 Å². The van der Waals surface area contributed by atoms with Crippen molar-refractivity contribution in [3.05, 3.63) is 48.8 Å². The Hall–Kier alpha value is -2.36. The second-order valence-corrected chi connectivity index (χ2v) is 3.49. The van der Waals surface area contributed by atoms with E-state index in [0.717, 1.165) is 0 Å². The third kappa shape index (κ3) is 3.31. The zero-order chi connectivity index (χ0) is 12.1. The van der Waals surface area contributed by atoms with E-state index in [1.54, 1.807) is 36.7 Å². The van der Waals surface area contributed by atoms with E-state index < -0.39 is 0 Å². The summed E-state index contributed by atoms with van der Waals surface area (Å²) in [6.45, 7) is 1.47. The monoisotopic (exact) mass is 228 g/mol. The molecule has 0 atom stereocenters. The summed E-state index contributed by atoms with van der Waals surface area (Å²) < 4.78 is 5.61. The second kappa shape index (κ2) is 5.12. The van der Waals surface area contributed by atoms with Crippen LogP contribution in [0.2, 0.25) is 0 Å². The molecule has 86 valence electrons. The summed E-state index contributed by atoms with van der Waals surface area (Å²) in [7, 11) is 0. The number of pyridine rings is 1. The Bertz CT molecular complexity index is 512. The van der Waals surface area contributed by atoms with Gasteiger partial charge in [0, 0.05) is 31.1 Å². The molecule has 2 rings (SSSR count). The molecule has 0 bridgehead atoms. The smallest absolute Gasteiger partial charge is 0.221 e. The molecule has 0 aliphatic heterocycles. The number of anilines is 1. The molecule has 0 unspecified atom stereocenters. The summed E-state index contributed by atoms with van der Waals surface area (Å²) in [6.07, 6.45) is 3.32. The quantitative estimate of drug-likeness (QED) is 0.878. The average Bonchev–Trinajstić information content (AvgIpc) is 2.30. The van der Waals surface area contributed by atoms with Crippen LogP contribution < -0.4 is 10.1 Å². The van der Waals surface area contributed by atoms with Gasteiger partial charge >= 0.3 is 0 Å². The van der Waals surface area contributed by atoms with E-state index in [9.17, 15) is 4.79 Å².